The number of hydrogen-bond acceptors (Lipinski definition) is 4. The quantitative estimate of drug-likeness (QED) is 0.264. The summed E-state index contributed by atoms with van der Waals surface area (Å²) in [6, 6.07) is 17.3. The lowest BCUT2D eigenvalue weighted by Crippen LogP contribution is -2.54. The van der Waals surface area contributed by atoms with Crippen LogP contribution in [-0.2, 0) is 38.8 Å². The second-order valence-corrected chi connectivity index (χ2v) is 12.8. The number of nitrogens with one attached hydrogen (secondary N) is 1. The Labute approximate surface area is 255 Å². The number of benzene rings is 3. The summed E-state index contributed by atoms with van der Waals surface area (Å²) < 4.78 is 66.9. The van der Waals surface area contributed by atoms with Crippen molar-refractivity contribution < 1.29 is 31.2 Å². The van der Waals surface area contributed by atoms with E-state index in [2.05, 4.69) is 5.32 Å². The smallest absolute Gasteiger partial charge is 0.352 e. The summed E-state index contributed by atoms with van der Waals surface area (Å²) in [5, 5.41) is 2.63. The van der Waals surface area contributed by atoms with E-state index >= 15 is 0 Å². The van der Waals surface area contributed by atoms with E-state index in [1.165, 1.54) is 4.90 Å². The Balaban J connectivity index is 2.11. The van der Waals surface area contributed by atoms with E-state index in [0.29, 0.717) is 22.4 Å². The van der Waals surface area contributed by atoms with Crippen LogP contribution < -0.4 is 9.62 Å². The van der Waals surface area contributed by atoms with Gasteiger partial charge in [-0.25, -0.2) is 8.42 Å². The van der Waals surface area contributed by atoms with Crippen molar-refractivity contribution in [1.29, 1.82) is 0 Å². The molecule has 0 fully saturated rings. The number of aryl methyl sites for hydroxylation is 1. The van der Waals surface area contributed by atoms with Crippen molar-refractivity contribution in [3.8, 4) is 0 Å². The minimum Gasteiger partial charge on any atom is -0.352 e. The minimum atomic E-state index is -4.78. The van der Waals surface area contributed by atoms with Gasteiger partial charge in [0.15, 0.2) is 0 Å². The number of anilines is 1. The van der Waals surface area contributed by atoms with Crippen LogP contribution in [0.1, 0.15) is 42.5 Å². The highest BCUT2D eigenvalue weighted by Gasteiger charge is 2.36. The van der Waals surface area contributed by atoms with Gasteiger partial charge in [-0.15, -0.1) is 0 Å². The van der Waals surface area contributed by atoms with Crippen LogP contribution in [0.3, 0.4) is 0 Å². The van der Waals surface area contributed by atoms with Gasteiger partial charge in [-0.1, -0.05) is 78.7 Å². The van der Waals surface area contributed by atoms with Gasteiger partial charge in [0.05, 0.1) is 22.5 Å². The predicted octanol–water partition coefficient (Wildman–Crippen LogP) is 5.99. The molecular formula is C31H35ClF3N3O4S. The molecule has 3 aromatic carbocycles. The first-order chi connectivity index (χ1) is 20.1. The minimum absolute atomic E-state index is 0.0571. The Bertz CT molecular complexity index is 1520. The first-order valence-electron chi connectivity index (χ1n) is 13.6. The second-order valence-electron chi connectivity index (χ2n) is 10.5. The fraction of sp³-hybridized carbons (Fsp3) is 0.355. The third-order valence-electron chi connectivity index (χ3n) is 6.97. The van der Waals surface area contributed by atoms with Gasteiger partial charge in [-0.2, -0.15) is 13.2 Å². The highest BCUT2D eigenvalue weighted by atomic mass is 35.5. The van der Waals surface area contributed by atoms with E-state index in [1.807, 2.05) is 51.1 Å². The summed E-state index contributed by atoms with van der Waals surface area (Å²) >= 11 is 6.19. The summed E-state index contributed by atoms with van der Waals surface area (Å²) in [5.74, 6) is -1.23. The van der Waals surface area contributed by atoms with Crippen molar-refractivity contribution in [3.63, 3.8) is 0 Å². The zero-order valence-electron chi connectivity index (χ0n) is 24.4. The monoisotopic (exact) mass is 637 g/mol. The maximum atomic E-state index is 14.1. The molecule has 0 unspecified atom stereocenters. The third kappa shape index (κ3) is 9.46. The Hall–Kier alpha value is -3.57. The molecule has 2 atom stereocenters. The van der Waals surface area contributed by atoms with Crippen LogP contribution in [0.25, 0.3) is 0 Å². The lowest BCUT2D eigenvalue weighted by Gasteiger charge is -2.34. The Morgan fingerprint density at radius 1 is 0.977 bits per heavy atom. The second kappa shape index (κ2) is 14.3. The molecule has 3 rings (SSSR count). The number of carbonyl (C=O) groups is 2. The van der Waals surface area contributed by atoms with E-state index in [-0.39, 0.29) is 24.0 Å². The number of carbonyl (C=O) groups excluding carboxylic acids is 2. The van der Waals surface area contributed by atoms with Crippen LogP contribution in [0.2, 0.25) is 5.02 Å². The number of alkyl halides is 3. The molecule has 0 radical (unpaired) electrons. The molecule has 0 saturated carbocycles. The maximum absolute atomic E-state index is 14.1. The van der Waals surface area contributed by atoms with E-state index in [9.17, 15) is 31.2 Å². The van der Waals surface area contributed by atoms with Crippen LogP contribution in [-0.4, -0.2) is 50.0 Å². The molecule has 1 N–H and O–H groups in total. The number of nitrogens with zero attached hydrogens (tertiary/aromatic N) is 2. The van der Waals surface area contributed by atoms with Gasteiger partial charge in [0, 0.05) is 19.0 Å². The van der Waals surface area contributed by atoms with E-state index in [4.69, 9.17) is 11.6 Å². The van der Waals surface area contributed by atoms with Crippen LogP contribution in [0, 0.1) is 6.92 Å². The number of halogens is 4. The largest absolute Gasteiger partial charge is 0.416 e. The highest BCUT2D eigenvalue weighted by molar-refractivity contribution is 7.92. The van der Waals surface area contributed by atoms with Crippen molar-refractivity contribution in [2.75, 3.05) is 17.1 Å². The van der Waals surface area contributed by atoms with E-state index in [1.54, 1.807) is 24.3 Å². The fourth-order valence-electron chi connectivity index (χ4n) is 4.36. The van der Waals surface area contributed by atoms with Gasteiger partial charge in [-0.3, -0.25) is 13.9 Å². The predicted molar refractivity (Wildman–Crippen MR) is 162 cm³/mol. The average molecular weight is 638 g/mol. The maximum Gasteiger partial charge on any atom is 0.416 e. The molecular weight excluding hydrogens is 603 g/mol. The van der Waals surface area contributed by atoms with Crippen LogP contribution >= 0.6 is 11.6 Å². The summed E-state index contributed by atoms with van der Waals surface area (Å²) in [5.41, 5.74) is 0.788. The summed E-state index contributed by atoms with van der Waals surface area (Å²) in [4.78, 5) is 29.1. The summed E-state index contributed by atoms with van der Waals surface area (Å²) in [6.45, 7) is 4.68. The lowest BCUT2D eigenvalue weighted by atomic mass is 10.0. The topological polar surface area (TPSA) is 86.8 Å². The van der Waals surface area contributed by atoms with Crippen LogP contribution in [0.15, 0.2) is 72.8 Å². The zero-order valence-corrected chi connectivity index (χ0v) is 25.9. The molecule has 2 amide bonds. The Morgan fingerprint density at radius 2 is 1.60 bits per heavy atom. The van der Waals surface area contributed by atoms with Crippen molar-refractivity contribution in [3.05, 3.63) is 100 Å². The number of sulfonamides is 1. The molecule has 0 aliphatic heterocycles. The first kappa shape index (κ1) is 33.9. The highest BCUT2D eigenvalue weighted by Crippen LogP contribution is 2.36. The fourth-order valence-corrected chi connectivity index (χ4v) is 5.48. The van der Waals surface area contributed by atoms with Gasteiger partial charge < -0.3 is 10.2 Å². The van der Waals surface area contributed by atoms with Gasteiger partial charge >= 0.3 is 6.18 Å². The van der Waals surface area contributed by atoms with Gasteiger partial charge in [-0.05, 0) is 49.6 Å². The molecule has 0 heterocycles. The summed E-state index contributed by atoms with van der Waals surface area (Å²) in [6.07, 6.45) is -3.26. The molecule has 7 nitrogen and oxygen atoms in total. The molecule has 0 aliphatic carbocycles. The first-order valence-corrected chi connectivity index (χ1v) is 15.9. The lowest BCUT2D eigenvalue weighted by molar-refractivity contribution is -0.140. The Kier molecular flexibility index (Phi) is 11.3. The SMILES string of the molecule is CC[C@H](C)NC(=O)[C@@H](Cc1ccccc1)N(Cc1ccc(C)cc1)C(=O)CN(c1cc(C(F)(F)F)ccc1Cl)S(C)(=O)=O. The number of rotatable bonds is 12. The summed E-state index contributed by atoms with van der Waals surface area (Å²) in [7, 11) is -4.30. The van der Waals surface area contributed by atoms with Crippen molar-refractivity contribution in [2.24, 2.45) is 0 Å². The zero-order chi connectivity index (χ0) is 31.9. The molecule has 0 bridgehead atoms. The van der Waals surface area contributed by atoms with Gasteiger partial charge in [0.1, 0.15) is 12.6 Å². The third-order valence-corrected chi connectivity index (χ3v) is 8.41. The average Bonchev–Trinajstić information content (AvgIpc) is 2.94. The Morgan fingerprint density at radius 3 is 2.16 bits per heavy atom. The molecule has 3 aromatic rings. The molecule has 43 heavy (non-hydrogen) atoms. The molecule has 232 valence electrons. The standard InChI is InChI=1S/C31H35ClF3N3O4S/c1-5-22(3)36-30(40)28(17-23-9-7-6-8-10-23)37(19-24-13-11-21(2)12-14-24)29(39)20-38(43(4,41)42)27-18-25(31(33,34)35)15-16-26(27)32/h6-16,18,22,28H,5,17,19-20H2,1-4H3,(H,36,40)/t22-,28+/m0/s1. The van der Waals surface area contributed by atoms with Crippen molar-refractivity contribution in [1.82, 2.24) is 10.2 Å². The van der Waals surface area contributed by atoms with E-state index < -0.39 is 51.9 Å². The molecule has 0 aliphatic rings. The molecule has 0 saturated heterocycles. The van der Waals surface area contributed by atoms with Crippen molar-refractivity contribution >= 4 is 39.1 Å². The molecule has 0 aromatic heterocycles. The van der Waals surface area contributed by atoms with Crippen molar-refractivity contribution in [2.45, 2.75) is 58.4 Å². The normalized spacial score (nSPS) is 13.2. The number of hydrogen-bond donors (Lipinski definition) is 1. The molecule has 12 heteroatoms. The van der Waals surface area contributed by atoms with Crippen LogP contribution in [0.4, 0.5) is 18.9 Å². The molecule has 0 spiro atoms. The van der Waals surface area contributed by atoms with Gasteiger partial charge in [0.2, 0.25) is 21.8 Å². The van der Waals surface area contributed by atoms with Crippen LogP contribution in [0.5, 0.6) is 0 Å². The van der Waals surface area contributed by atoms with Gasteiger partial charge in [0.25, 0.3) is 0 Å². The number of amides is 2. The van der Waals surface area contributed by atoms with E-state index in [0.717, 1.165) is 29.5 Å².